The molecule has 1 aromatic carbocycles. The van der Waals surface area contributed by atoms with Crippen molar-refractivity contribution in [1.29, 1.82) is 0 Å². The molecule has 0 aliphatic rings. The van der Waals surface area contributed by atoms with Crippen molar-refractivity contribution in [2.75, 3.05) is 6.61 Å². The first-order valence-electron chi connectivity index (χ1n) is 5.98. The van der Waals surface area contributed by atoms with E-state index in [1.165, 1.54) is 6.20 Å². The highest BCUT2D eigenvalue weighted by Gasteiger charge is 2.18. The first-order valence-corrected chi connectivity index (χ1v) is 6.36. The van der Waals surface area contributed by atoms with Crippen molar-refractivity contribution in [2.45, 2.75) is 6.92 Å². The van der Waals surface area contributed by atoms with Crippen LogP contribution in [0.3, 0.4) is 0 Å². The molecule has 2 heterocycles. The van der Waals surface area contributed by atoms with E-state index in [1.807, 2.05) is 0 Å². The Hall–Kier alpha value is -2.34. The number of hydrogen-bond acceptors (Lipinski definition) is 4. The van der Waals surface area contributed by atoms with E-state index >= 15 is 0 Å². The first-order chi connectivity index (χ1) is 9.61. The fourth-order valence-electron chi connectivity index (χ4n) is 2.11. The maximum Gasteiger partial charge on any atom is 0.347 e. The molecule has 0 atom stereocenters. The Morgan fingerprint density at radius 3 is 3.05 bits per heavy atom. The van der Waals surface area contributed by atoms with Crippen LogP contribution in [0.1, 0.15) is 17.3 Å². The van der Waals surface area contributed by atoms with Crippen LogP contribution in [0.5, 0.6) is 0 Å². The number of fused-ring (bicyclic) bond motifs is 3. The lowest BCUT2D eigenvalue weighted by atomic mass is 10.1. The van der Waals surface area contributed by atoms with Crippen LogP contribution in [0.15, 0.2) is 29.2 Å². The van der Waals surface area contributed by atoms with Crippen LogP contribution in [-0.4, -0.2) is 27.2 Å². The zero-order valence-electron chi connectivity index (χ0n) is 10.5. The lowest BCUT2D eigenvalue weighted by Gasteiger charge is -2.04. The summed E-state index contributed by atoms with van der Waals surface area (Å²) in [6.45, 7) is 1.97. The second-order valence-corrected chi connectivity index (χ2v) is 4.60. The van der Waals surface area contributed by atoms with Crippen molar-refractivity contribution >= 4 is 34.0 Å². The quantitative estimate of drug-likeness (QED) is 0.733. The van der Waals surface area contributed by atoms with Gasteiger partial charge in [-0.05, 0) is 25.1 Å². The van der Waals surface area contributed by atoms with Gasteiger partial charge in [0.05, 0.1) is 23.8 Å². The van der Waals surface area contributed by atoms with Crippen LogP contribution in [0.25, 0.3) is 16.4 Å². The number of hydrogen-bond donors (Lipinski definition) is 1. The Labute approximate surface area is 117 Å². The summed E-state index contributed by atoms with van der Waals surface area (Å²) in [5.74, 6) is -0.510. The fourth-order valence-corrected chi connectivity index (χ4v) is 2.29. The SMILES string of the molecule is CCOC(=O)c1cnn2c(=O)[nH]c3cc(Cl)ccc3c12. The van der Waals surface area contributed by atoms with E-state index in [1.54, 1.807) is 25.1 Å². The molecule has 0 fully saturated rings. The third kappa shape index (κ3) is 1.85. The summed E-state index contributed by atoms with van der Waals surface area (Å²) in [7, 11) is 0. The van der Waals surface area contributed by atoms with Gasteiger partial charge in [-0.1, -0.05) is 11.6 Å². The van der Waals surface area contributed by atoms with Gasteiger partial charge in [0.1, 0.15) is 5.56 Å². The van der Waals surface area contributed by atoms with E-state index in [9.17, 15) is 9.59 Å². The van der Waals surface area contributed by atoms with Gasteiger partial charge in [-0.2, -0.15) is 9.61 Å². The third-order valence-corrected chi connectivity index (χ3v) is 3.17. The Morgan fingerprint density at radius 1 is 1.50 bits per heavy atom. The number of carbonyl (C=O) groups excluding carboxylic acids is 1. The van der Waals surface area contributed by atoms with Gasteiger partial charge in [-0.25, -0.2) is 9.59 Å². The van der Waals surface area contributed by atoms with Gasteiger partial charge >= 0.3 is 11.7 Å². The number of nitrogens with one attached hydrogen (secondary N) is 1. The molecule has 102 valence electrons. The largest absolute Gasteiger partial charge is 0.462 e. The number of halogens is 1. The van der Waals surface area contributed by atoms with Gasteiger partial charge in [0.15, 0.2) is 0 Å². The molecule has 0 saturated heterocycles. The van der Waals surface area contributed by atoms with Crippen molar-refractivity contribution < 1.29 is 9.53 Å². The topological polar surface area (TPSA) is 76.5 Å². The molecule has 2 aromatic heterocycles. The normalized spacial score (nSPS) is 11.1. The summed E-state index contributed by atoms with van der Waals surface area (Å²) in [6.07, 6.45) is 1.33. The number of aromatic amines is 1. The van der Waals surface area contributed by atoms with Gasteiger partial charge in [-0.3, -0.25) is 0 Å². The molecule has 0 aliphatic carbocycles. The molecule has 0 aliphatic heterocycles. The average molecular weight is 292 g/mol. The number of esters is 1. The molecule has 3 aromatic rings. The number of H-pyrrole nitrogens is 1. The zero-order chi connectivity index (χ0) is 14.3. The van der Waals surface area contributed by atoms with Gasteiger partial charge < -0.3 is 9.72 Å². The van der Waals surface area contributed by atoms with Crippen molar-refractivity contribution in [3.63, 3.8) is 0 Å². The van der Waals surface area contributed by atoms with Crippen LogP contribution in [-0.2, 0) is 4.74 Å². The number of carbonyl (C=O) groups is 1. The molecular formula is C13H10ClN3O3. The number of aromatic nitrogens is 3. The summed E-state index contributed by atoms with van der Waals surface area (Å²) >= 11 is 5.91. The standard InChI is InChI=1S/C13H10ClN3O3/c1-2-20-12(18)9-6-15-17-11(9)8-4-3-7(14)5-10(8)16-13(17)19/h3-6H,2H2,1H3,(H,16,19). The van der Waals surface area contributed by atoms with Crippen LogP contribution in [0.4, 0.5) is 0 Å². The zero-order valence-corrected chi connectivity index (χ0v) is 11.3. The monoisotopic (exact) mass is 291 g/mol. The second kappa shape index (κ2) is 4.64. The number of nitrogens with zero attached hydrogens (tertiary/aromatic N) is 2. The lowest BCUT2D eigenvalue weighted by molar-refractivity contribution is 0.0528. The molecular weight excluding hydrogens is 282 g/mol. The van der Waals surface area contributed by atoms with E-state index in [2.05, 4.69) is 10.1 Å². The number of ether oxygens (including phenoxy) is 1. The van der Waals surface area contributed by atoms with Crippen molar-refractivity contribution in [2.24, 2.45) is 0 Å². The molecule has 0 unspecified atom stereocenters. The Bertz CT molecular complexity index is 882. The molecule has 6 nitrogen and oxygen atoms in total. The summed E-state index contributed by atoms with van der Waals surface area (Å²) in [6, 6.07) is 5.04. The van der Waals surface area contributed by atoms with Crippen LogP contribution >= 0.6 is 11.6 Å². The van der Waals surface area contributed by atoms with Gasteiger partial charge in [0.25, 0.3) is 0 Å². The predicted molar refractivity (Wildman–Crippen MR) is 74.3 cm³/mol. The molecule has 3 rings (SSSR count). The summed E-state index contributed by atoms with van der Waals surface area (Å²) < 4.78 is 6.12. The van der Waals surface area contributed by atoms with E-state index in [0.29, 0.717) is 21.4 Å². The van der Waals surface area contributed by atoms with Gasteiger partial charge in [0, 0.05) is 10.4 Å². The highest BCUT2D eigenvalue weighted by atomic mass is 35.5. The molecule has 0 radical (unpaired) electrons. The minimum atomic E-state index is -0.510. The van der Waals surface area contributed by atoms with Crippen LogP contribution in [0.2, 0.25) is 5.02 Å². The summed E-state index contributed by atoms with van der Waals surface area (Å²) in [5, 5.41) is 5.10. The maximum absolute atomic E-state index is 11.9. The fraction of sp³-hybridized carbons (Fsp3) is 0.154. The van der Waals surface area contributed by atoms with Crippen LogP contribution in [0, 0.1) is 0 Å². The van der Waals surface area contributed by atoms with E-state index in [4.69, 9.17) is 16.3 Å². The molecule has 1 N–H and O–H groups in total. The summed E-state index contributed by atoms with van der Waals surface area (Å²) in [4.78, 5) is 26.5. The van der Waals surface area contributed by atoms with Gasteiger partial charge in [-0.15, -0.1) is 0 Å². The number of benzene rings is 1. The summed E-state index contributed by atoms with van der Waals surface area (Å²) in [5.41, 5.74) is 0.774. The highest BCUT2D eigenvalue weighted by molar-refractivity contribution is 6.31. The molecule has 20 heavy (non-hydrogen) atoms. The molecule has 0 spiro atoms. The van der Waals surface area contributed by atoms with Crippen molar-refractivity contribution in [1.82, 2.24) is 14.6 Å². The molecule has 0 amide bonds. The van der Waals surface area contributed by atoms with E-state index in [-0.39, 0.29) is 12.2 Å². The predicted octanol–water partition coefficient (Wildman–Crippen LogP) is 2.01. The second-order valence-electron chi connectivity index (χ2n) is 4.16. The van der Waals surface area contributed by atoms with Crippen LogP contribution < -0.4 is 5.69 Å². The van der Waals surface area contributed by atoms with E-state index < -0.39 is 11.7 Å². The Balaban J connectivity index is 2.42. The lowest BCUT2D eigenvalue weighted by Crippen LogP contribution is -2.17. The highest BCUT2D eigenvalue weighted by Crippen LogP contribution is 2.23. The first kappa shape index (κ1) is 12.7. The molecule has 0 saturated carbocycles. The van der Waals surface area contributed by atoms with Crippen molar-refractivity contribution in [3.05, 3.63) is 45.5 Å². The van der Waals surface area contributed by atoms with Gasteiger partial charge in [0.2, 0.25) is 0 Å². The van der Waals surface area contributed by atoms with E-state index in [0.717, 1.165) is 4.52 Å². The third-order valence-electron chi connectivity index (χ3n) is 2.94. The smallest absolute Gasteiger partial charge is 0.347 e. The number of rotatable bonds is 2. The maximum atomic E-state index is 11.9. The average Bonchev–Trinajstić information content (AvgIpc) is 2.84. The Morgan fingerprint density at radius 2 is 2.30 bits per heavy atom. The minimum absolute atomic E-state index is 0.253. The molecule has 7 heteroatoms. The Kier molecular flexibility index (Phi) is 2.94. The minimum Gasteiger partial charge on any atom is -0.462 e. The van der Waals surface area contributed by atoms with Crippen molar-refractivity contribution in [3.8, 4) is 0 Å². The molecule has 0 bridgehead atoms.